The number of aryl methyl sites for hydroxylation is 1. The average Bonchev–Trinajstić information content (AvgIpc) is 3.19. The zero-order valence-corrected chi connectivity index (χ0v) is 16.5. The van der Waals surface area contributed by atoms with Gasteiger partial charge in [0.25, 0.3) is 5.91 Å². The molecule has 2 aliphatic rings. The van der Waals surface area contributed by atoms with Crippen LogP contribution in [0, 0.1) is 0 Å². The van der Waals surface area contributed by atoms with E-state index in [1.54, 1.807) is 0 Å². The number of piperazine rings is 1. The van der Waals surface area contributed by atoms with E-state index < -0.39 is 0 Å². The van der Waals surface area contributed by atoms with Crippen molar-refractivity contribution in [2.45, 2.75) is 19.3 Å². The maximum atomic E-state index is 13.5. The second kappa shape index (κ2) is 7.10. The van der Waals surface area contributed by atoms with Crippen LogP contribution in [0.2, 0.25) is 5.02 Å². The van der Waals surface area contributed by atoms with Crippen LogP contribution < -0.4 is 4.90 Å². The highest BCUT2D eigenvalue weighted by atomic mass is 35.5. The number of pyridine rings is 1. The van der Waals surface area contributed by atoms with E-state index in [0.29, 0.717) is 0 Å². The summed E-state index contributed by atoms with van der Waals surface area (Å²) in [7, 11) is 0. The van der Waals surface area contributed by atoms with E-state index in [4.69, 9.17) is 16.6 Å². The van der Waals surface area contributed by atoms with Crippen LogP contribution in [-0.2, 0) is 12.8 Å². The van der Waals surface area contributed by atoms with Crippen LogP contribution in [0.5, 0.6) is 0 Å². The molecule has 3 aromatic rings. The molecule has 0 N–H and O–H groups in total. The summed E-state index contributed by atoms with van der Waals surface area (Å²) in [5.41, 5.74) is 5.22. The summed E-state index contributed by atoms with van der Waals surface area (Å²) in [5.74, 6) is 0.155. The van der Waals surface area contributed by atoms with Gasteiger partial charge in [-0.1, -0.05) is 35.9 Å². The zero-order chi connectivity index (χ0) is 19.1. The molecule has 142 valence electrons. The van der Waals surface area contributed by atoms with Crippen LogP contribution in [0.25, 0.3) is 10.9 Å². The summed E-state index contributed by atoms with van der Waals surface area (Å²) < 4.78 is 0. The summed E-state index contributed by atoms with van der Waals surface area (Å²) in [5, 5.41) is 1.74. The van der Waals surface area contributed by atoms with Crippen LogP contribution in [-0.4, -0.2) is 42.0 Å². The van der Waals surface area contributed by atoms with E-state index in [1.807, 2.05) is 47.4 Å². The fourth-order valence-electron chi connectivity index (χ4n) is 4.45. The number of anilines is 1. The van der Waals surface area contributed by atoms with Gasteiger partial charge < -0.3 is 9.80 Å². The Balaban J connectivity index is 1.42. The van der Waals surface area contributed by atoms with Crippen molar-refractivity contribution < 1.29 is 4.79 Å². The molecule has 1 fully saturated rings. The lowest BCUT2D eigenvalue weighted by molar-refractivity contribution is 0.0747. The molecular formula is C23H22ClN3O. The Kier molecular flexibility index (Phi) is 4.44. The lowest BCUT2D eigenvalue weighted by atomic mass is 9.99. The van der Waals surface area contributed by atoms with Crippen LogP contribution in [0.4, 0.5) is 5.69 Å². The highest BCUT2D eigenvalue weighted by Gasteiger charge is 2.28. The molecule has 28 heavy (non-hydrogen) atoms. The van der Waals surface area contributed by atoms with Gasteiger partial charge in [0.05, 0.1) is 11.1 Å². The van der Waals surface area contributed by atoms with Crippen molar-refractivity contribution in [3.63, 3.8) is 0 Å². The van der Waals surface area contributed by atoms with Gasteiger partial charge in [0.15, 0.2) is 0 Å². The number of benzene rings is 2. The Hall–Kier alpha value is -2.59. The van der Waals surface area contributed by atoms with Crippen molar-refractivity contribution in [1.29, 1.82) is 0 Å². The van der Waals surface area contributed by atoms with E-state index in [1.165, 1.54) is 5.56 Å². The summed E-state index contributed by atoms with van der Waals surface area (Å²) in [6, 6.07) is 16.0. The Morgan fingerprint density at radius 3 is 2.61 bits per heavy atom. The standard InChI is InChI=1S/C23H22ClN3O/c24-16-5-3-6-17(15-16)26-11-13-27(14-12-26)23(28)22-18-7-1-2-9-20(18)25-21-10-4-8-19(21)22/h1-3,5-7,9,15H,4,8,10-14H2. The van der Waals surface area contributed by atoms with Crippen molar-refractivity contribution >= 4 is 34.1 Å². The number of aromatic nitrogens is 1. The molecule has 0 atom stereocenters. The predicted molar refractivity (Wildman–Crippen MR) is 113 cm³/mol. The van der Waals surface area contributed by atoms with Crippen LogP contribution in [0.3, 0.4) is 0 Å². The molecule has 1 aromatic heterocycles. The number of carbonyl (C=O) groups excluding carboxylic acids is 1. The Labute approximate surface area is 169 Å². The minimum atomic E-state index is 0.155. The third kappa shape index (κ3) is 3.02. The third-order valence-corrected chi connectivity index (χ3v) is 6.11. The molecule has 4 nitrogen and oxygen atoms in total. The molecule has 2 aromatic carbocycles. The fraction of sp³-hybridized carbons (Fsp3) is 0.304. The molecule has 5 heteroatoms. The molecule has 0 bridgehead atoms. The van der Waals surface area contributed by atoms with E-state index in [-0.39, 0.29) is 5.91 Å². The lowest BCUT2D eigenvalue weighted by Crippen LogP contribution is -2.49. The van der Waals surface area contributed by atoms with Gasteiger partial charge in [0, 0.05) is 48.0 Å². The molecule has 0 radical (unpaired) electrons. The lowest BCUT2D eigenvalue weighted by Gasteiger charge is -2.36. The second-order valence-corrected chi connectivity index (χ2v) is 7.98. The molecule has 0 unspecified atom stereocenters. The van der Waals surface area contributed by atoms with Crippen LogP contribution in [0.15, 0.2) is 48.5 Å². The second-order valence-electron chi connectivity index (χ2n) is 7.54. The first-order valence-corrected chi connectivity index (χ1v) is 10.3. The van der Waals surface area contributed by atoms with Crippen LogP contribution >= 0.6 is 11.6 Å². The molecule has 1 aliphatic heterocycles. The summed E-state index contributed by atoms with van der Waals surface area (Å²) in [4.78, 5) is 22.6. The molecule has 1 aliphatic carbocycles. The van der Waals surface area contributed by atoms with E-state index >= 15 is 0 Å². The molecule has 2 heterocycles. The van der Waals surface area contributed by atoms with E-state index in [9.17, 15) is 4.79 Å². The number of para-hydroxylation sites is 1. The van der Waals surface area contributed by atoms with Crippen molar-refractivity contribution in [2.75, 3.05) is 31.1 Å². The monoisotopic (exact) mass is 391 g/mol. The zero-order valence-electron chi connectivity index (χ0n) is 15.7. The van der Waals surface area contributed by atoms with E-state index in [2.05, 4.69) is 11.0 Å². The summed E-state index contributed by atoms with van der Waals surface area (Å²) in [6.45, 7) is 3.07. The van der Waals surface area contributed by atoms with Gasteiger partial charge in [-0.15, -0.1) is 0 Å². The predicted octanol–water partition coefficient (Wildman–Crippen LogP) is 4.34. The maximum Gasteiger partial charge on any atom is 0.255 e. The average molecular weight is 392 g/mol. The van der Waals surface area contributed by atoms with Crippen molar-refractivity contribution in [3.05, 3.63) is 70.4 Å². The topological polar surface area (TPSA) is 36.4 Å². The molecule has 5 rings (SSSR count). The highest BCUT2D eigenvalue weighted by Crippen LogP contribution is 2.31. The Morgan fingerprint density at radius 1 is 0.964 bits per heavy atom. The molecule has 1 saturated heterocycles. The van der Waals surface area contributed by atoms with Gasteiger partial charge in [-0.2, -0.15) is 0 Å². The SMILES string of the molecule is O=C(c1c2c(nc3ccccc13)CCC2)N1CCN(c2cccc(Cl)c2)CC1. The quantitative estimate of drug-likeness (QED) is 0.652. The van der Waals surface area contributed by atoms with Crippen molar-refractivity contribution in [1.82, 2.24) is 9.88 Å². The van der Waals surface area contributed by atoms with Gasteiger partial charge in [-0.05, 0) is 49.1 Å². The van der Waals surface area contributed by atoms with Crippen molar-refractivity contribution in [3.8, 4) is 0 Å². The number of amides is 1. The van der Waals surface area contributed by atoms with Gasteiger partial charge in [-0.3, -0.25) is 9.78 Å². The number of rotatable bonds is 2. The number of hydrogen-bond donors (Lipinski definition) is 0. The van der Waals surface area contributed by atoms with E-state index in [0.717, 1.165) is 78.3 Å². The summed E-state index contributed by atoms with van der Waals surface area (Å²) >= 11 is 6.14. The Bertz CT molecular complexity index is 1060. The molecule has 0 saturated carbocycles. The first-order valence-electron chi connectivity index (χ1n) is 9.91. The largest absolute Gasteiger partial charge is 0.368 e. The molecule has 0 spiro atoms. The number of nitrogens with zero attached hydrogens (tertiary/aromatic N) is 3. The minimum absolute atomic E-state index is 0.155. The third-order valence-electron chi connectivity index (χ3n) is 5.87. The summed E-state index contributed by atoms with van der Waals surface area (Å²) in [6.07, 6.45) is 3.02. The minimum Gasteiger partial charge on any atom is -0.368 e. The van der Waals surface area contributed by atoms with Crippen LogP contribution in [0.1, 0.15) is 28.0 Å². The van der Waals surface area contributed by atoms with Crippen molar-refractivity contribution in [2.24, 2.45) is 0 Å². The highest BCUT2D eigenvalue weighted by molar-refractivity contribution is 6.30. The number of halogens is 1. The smallest absolute Gasteiger partial charge is 0.255 e. The normalized spacial score (nSPS) is 16.5. The molecular weight excluding hydrogens is 370 g/mol. The van der Waals surface area contributed by atoms with Gasteiger partial charge in [0.2, 0.25) is 0 Å². The maximum absolute atomic E-state index is 13.5. The van der Waals surface area contributed by atoms with Gasteiger partial charge in [-0.25, -0.2) is 0 Å². The van der Waals surface area contributed by atoms with Gasteiger partial charge in [0.1, 0.15) is 0 Å². The Morgan fingerprint density at radius 2 is 1.79 bits per heavy atom. The number of hydrogen-bond acceptors (Lipinski definition) is 3. The fourth-order valence-corrected chi connectivity index (χ4v) is 4.64. The first kappa shape index (κ1) is 17.5. The first-order chi connectivity index (χ1) is 13.7. The number of fused-ring (bicyclic) bond motifs is 2. The molecule has 1 amide bonds. The number of carbonyl (C=O) groups is 1. The van der Waals surface area contributed by atoms with Gasteiger partial charge >= 0.3 is 0 Å².